The van der Waals surface area contributed by atoms with Gasteiger partial charge in [0.15, 0.2) is 0 Å². The van der Waals surface area contributed by atoms with Gasteiger partial charge in [0.1, 0.15) is 11.5 Å². The highest BCUT2D eigenvalue weighted by Gasteiger charge is 2.35. The summed E-state index contributed by atoms with van der Waals surface area (Å²) in [5, 5.41) is 10.7. The van der Waals surface area contributed by atoms with E-state index in [1.165, 1.54) is 0 Å². The molecule has 154 valence electrons. The molecule has 3 aromatic carbocycles. The lowest BCUT2D eigenvalue weighted by molar-refractivity contribution is -0.123. The summed E-state index contributed by atoms with van der Waals surface area (Å²) in [6.07, 6.45) is 1.68. The number of nitrogens with zero attached hydrogens (tertiary/aromatic N) is 2. The molecule has 3 aromatic rings. The highest BCUT2D eigenvalue weighted by molar-refractivity contribution is 8.18. The minimum absolute atomic E-state index is 0.0479. The number of hydrogen-bond acceptors (Lipinski definition) is 6. The Morgan fingerprint density at radius 2 is 1.84 bits per heavy atom. The van der Waals surface area contributed by atoms with Gasteiger partial charge in [-0.1, -0.05) is 30.3 Å². The summed E-state index contributed by atoms with van der Waals surface area (Å²) in [5.74, 6) is 0.865. The van der Waals surface area contributed by atoms with E-state index >= 15 is 0 Å². The van der Waals surface area contributed by atoms with Crippen molar-refractivity contribution in [1.29, 1.82) is 5.26 Å². The first-order valence-corrected chi connectivity index (χ1v) is 10.3. The zero-order valence-electron chi connectivity index (χ0n) is 16.9. The number of ether oxygens (including phenoxy) is 2. The second-order valence-electron chi connectivity index (χ2n) is 6.81. The zero-order chi connectivity index (χ0) is 22.0. The Morgan fingerprint density at radius 3 is 2.58 bits per heavy atom. The predicted octanol–water partition coefficient (Wildman–Crippen LogP) is 4.97. The lowest BCUT2D eigenvalue weighted by Gasteiger charge is -2.13. The van der Waals surface area contributed by atoms with Crippen molar-refractivity contribution in [2.24, 2.45) is 0 Å². The number of carbonyl (C=O) groups is 2. The van der Waals surface area contributed by atoms with Crippen LogP contribution in [0.2, 0.25) is 0 Å². The van der Waals surface area contributed by atoms with E-state index < -0.39 is 5.91 Å². The Morgan fingerprint density at radius 1 is 1.06 bits per heavy atom. The number of fused-ring (bicyclic) bond motifs is 1. The molecular formula is C24H18N2O4S. The Hall–Kier alpha value is -3.76. The van der Waals surface area contributed by atoms with Gasteiger partial charge in [0.25, 0.3) is 11.1 Å². The molecule has 1 fully saturated rings. The molecular weight excluding hydrogens is 412 g/mol. The molecule has 0 saturated carbocycles. The molecule has 1 aliphatic heterocycles. The fourth-order valence-electron chi connectivity index (χ4n) is 3.46. The van der Waals surface area contributed by atoms with E-state index in [2.05, 4.69) is 6.07 Å². The molecule has 6 nitrogen and oxygen atoms in total. The second kappa shape index (κ2) is 8.54. The largest absolute Gasteiger partial charge is 0.497 e. The summed E-state index contributed by atoms with van der Waals surface area (Å²) in [6, 6.07) is 18.4. The van der Waals surface area contributed by atoms with Crippen LogP contribution in [0.5, 0.6) is 11.5 Å². The minimum atomic E-state index is -0.398. The smallest absolute Gasteiger partial charge is 0.293 e. The third kappa shape index (κ3) is 3.86. The molecule has 0 unspecified atom stereocenters. The molecule has 0 N–H and O–H groups in total. The maximum Gasteiger partial charge on any atom is 0.293 e. The van der Waals surface area contributed by atoms with E-state index in [-0.39, 0.29) is 11.8 Å². The molecule has 0 aliphatic carbocycles. The number of hydrogen-bond donors (Lipinski definition) is 0. The predicted molar refractivity (Wildman–Crippen MR) is 120 cm³/mol. The van der Waals surface area contributed by atoms with Crippen molar-refractivity contribution in [3.8, 4) is 17.6 Å². The number of nitriles is 1. The number of carbonyl (C=O) groups excluding carboxylic acids is 2. The summed E-state index contributed by atoms with van der Waals surface area (Å²) < 4.78 is 10.9. The number of methoxy groups -OCH3 is 2. The van der Waals surface area contributed by atoms with Crippen LogP contribution < -0.4 is 9.47 Å². The van der Waals surface area contributed by atoms with Crippen LogP contribution in [0.15, 0.2) is 59.5 Å². The van der Waals surface area contributed by atoms with Crippen LogP contribution in [0.1, 0.15) is 16.7 Å². The quantitative estimate of drug-likeness (QED) is 0.532. The molecule has 1 aliphatic rings. The van der Waals surface area contributed by atoms with Gasteiger partial charge in [-0.15, -0.1) is 0 Å². The standard InChI is InChI=1S/C24H18N2O4S/c1-29-18-9-7-15-8-10-21(30-2)20(19(15)11-18)12-22-23(27)26(24(28)31-22)14-17-6-4-3-5-16(17)13-25/h3-12H,14H2,1-2H3/b22-12+. The van der Waals surface area contributed by atoms with Crippen molar-refractivity contribution in [3.05, 3.63) is 76.2 Å². The van der Waals surface area contributed by atoms with E-state index in [0.29, 0.717) is 33.1 Å². The molecule has 2 amide bonds. The number of thioether (sulfide) groups is 1. The fourth-order valence-corrected chi connectivity index (χ4v) is 4.28. The summed E-state index contributed by atoms with van der Waals surface area (Å²) >= 11 is 0.876. The topological polar surface area (TPSA) is 79.6 Å². The number of amides is 2. The SMILES string of the molecule is COc1ccc2ccc(OC)c(/C=C3/SC(=O)N(Cc4ccccc4C#N)C3=O)c2c1. The van der Waals surface area contributed by atoms with Gasteiger partial charge in [0.05, 0.1) is 37.3 Å². The Labute approximate surface area is 183 Å². The van der Waals surface area contributed by atoms with Crippen LogP contribution in [-0.2, 0) is 11.3 Å². The number of benzene rings is 3. The first-order chi connectivity index (χ1) is 15.0. The molecule has 7 heteroatoms. The lowest BCUT2D eigenvalue weighted by Crippen LogP contribution is -2.27. The van der Waals surface area contributed by atoms with Gasteiger partial charge in [0, 0.05) is 5.56 Å². The maximum absolute atomic E-state index is 13.1. The molecule has 0 aromatic heterocycles. The average Bonchev–Trinajstić information content (AvgIpc) is 3.06. The van der Waals surface area contributed by atoms with Gasteiger partial charge in [0.2, 0.25) is 0 Å². The van der Waals surface area contributed by atoms with Crippen LogP contribution in [0.4, 0.5) is 4.79 Å². The highest BCUT2D eigenvalue weighted by atomic mass is 32.2. The van der Waals surface area contributed by atoms with E-state index in [1.54, 1.807) is 44.6 Å². The molecule has 0 radical (unpaired) electrons. The number of rotatable bonds is 5. The van der Waals surface area contributed by atoms with Crippen molar-refractivity contribution < 1.29 is 19.1 Å². The molecule has 0 atom stereocenters. The van der Waals surface area contributed by atoms with Crippen LogP contribution in [0, 0.1) is 11.3 Å². The first kappa shape index (κ1) is 20.5. The fraction of sp³-hybridized carbons (Fsp3) is 0.125. The Balaban J connectivity index is 1.74. The van der Waals surface area contributed by atoms with E-state index in [4.69, 9.17) is 9.47 Å². The highest BCUT2D eigenvalue weighted by Crippen LogP contribution is 2.38. The van der Waals surface area contributed by atoms with Gasteiger partial charge < -0.3 is 9.47 Å². The Bertz CT molecular complexity index is 1270. The molecule has 1 saturated heterocycles. The first-order valence-electron chi connectivity index (χ1n) is 9.44. The van der Waals surface area contributed by atoms with Crippen LogP contribution in [0.25, 0.3) is 16.8 Å². The lowest BCUT2D eigenvalue weighted by atomic mass is 10.0. The summed E-state index contributed by atoms with van der Waals surface area (Å²) in [5.41, 5.74) is 1.76. The van der Waals surface area contributed by atoms with Crippen molar-refractivity contribution in [3.63, 3.8) is 0 Å². The van der Waals surface area contributed by atoms with E-state index in [0.717, 1.165) is 27.4 Å². The summed E-state index contributed by atoms with van der Waals surface area (Å²) in [4.78, 5) is 27.1. The van der Waals surface area contributed by atoms with Crippen molar-refractivity contribution in [1.82, 2.24) is 4.90 Å². The van der Waals surface area contributed by atoms with Crippen LogP contribution >= 0.6 is 11.8 Å². The van der Waals surface area contributed by atoms with Crippen molar-refractivity contribution in [2.75, 3.05) is 14.2 Å². The number of imide groups is 1. The van der Waals surface area contributed by atoms with Gasteiger partial charge >= 0.3 is 0 Å². The van der Waals surface area contributed by atoms with Crippen molar-refractivity contribution >= 4 is 39.8 Å². The second-order valence-corrected chi connectivity index (χ2v) is 7.80. The maximum atomic E-state index is 13.1. The van der Waals surface area contributed by atoms with Gasteiger partial charge in [-0.05, 0) is 58.4 Å². The monoisotopic (exact) mass is 430 g/mol. The van der Waals surface area contributed by atoms with Gasteiger partial charge in [-0.2, -0.15) is 5.26 Å². The zero-order valence-corrected chi connectivity index (χ0v) is 17.7. The van der Waals surface area contributed by atoms with Crippen LogP contribution in [0.3, 0.4) is 0 Å². The van der Waals surface area contributed by atoms with Crippen LogP contribution in [-0.4, -0.2) is 30.3 Å². The molecule has 4 rings (SSSR count). The summed E-state index contributed by atoms with van der Waals surface area (Å²) in [7, 11) is 3.15. The molecule has 31 heavy (non-hydrogen) atoms. The van der Waals surface area contributed by atoms with Gasteiger partial charge in [-0.25, -0.2) is 0 Å². The van der Waals surface area contributed by atoms with Crippen molar-refractivity contribution in [2.45, 2.75) is 6.54 Å². The van der Waals surface area contributed by atoms with Gasteiger partial charge in [-0.3, -0.25) is 14.5 Å². The summed E-state index contributed by atoms with van der Waals surface area (Å²) in [6.45, 7) is 0.0479. The molecule has 1 heterocycles. The minimum Gasteiger partial charge on any atom is -0.497 e. The average molecular weight is 430 g/mol. The normalized spacial score (nSPS) is 14.9. The molecule has 0 bridgehead atoms. The Kier molecular flexibility index (Phi) is 5.65. The van der Waals surface area contributed by atoms with E-state index in [1.807, 2.05) is 30.3 Å². The third-order valence-corrected chi connectivity index (χ3v) is 5.97. The van der Waals surface area contributed by atoms with E-state index in [9.17, 15) is 14.9 Å². The third-order valence-electron chi connectivity index (χ3n) is 5.07. The molecule has 0 spiro atoms.